The predicted molar refractivity (Wildman–Crippen MR) is 196 cm³/mol. The molecule has 0 spiro atoms. The fraction of sp³-hybridized carbons (Fsp3) is 0.618. The van der Waals surface area contributed by atoms with E-state index in [9.17, 15) is 26.4 Å². The van der Waals surface area contributed by atoms with E-state index >= 15 is 0 Å². The van der Waals surface area contributed by atoms with Crippen LogP contribution in [0.4, 0.5) is 11.0 Å². The Morgan fingerprint density at radius 2 is 1.33 bits per heavy atom. The topological polar surface area (TPSA) is 197 Å². The minimum Gasteiger partial charge on any atom is -0.381 e. The molecule has 17 heteroatoms. The largest absolute Gasteiger partial charge is 0.381 e. The maximum atomic E-state index is 12.9. The van der Waals surface area contributed by atoms with Crippen LogP contribution in [0, 0.1) is 11.8 Å². The van der Waals surface area contributed by atoms with Gasteiger partial charge in [0.2, 0.25) is 17.7 Å². The van der Waals surface area contributed by atoms with E-state index in [1.165, 1.54) is 39.0 Å². The first-order valence-corrected chi connectivity index (χ1v) is 21.2. The molecule has 14 nitrogen and oxygen atoms in total. The molecule has 0 bridgehead atoms. The fourth-order valence-electron chi connectivity index (χ4n) is 5.26. The number of thiazole rings is 1. The van der Waals surface area contributed by atoms with Gasteiger partial charge in [-0.1, -0.05) is 19.0 Å². The van der Waals surface area contributed by atoms with Gasteiger partial charge >= 0.3 is 0 Å². The van der Waals surface area contributed by atoms with Gasteiger partial charge in [0.1, 0.15) is 9.49 Å². The van der Waals surface area contributed by atoms with E-state index in [0.29, 0.717) is 68.6 Å². The molecule has 3 aromatic rings. The van der Waals surface area contributed by atoms with E-state index < -0.39 is 41.0 Å². The summed E-state index contributed by atoms with van der Waals surface area (Å²) in [6, 6.07) is 5.26. The monoisotopic (exact) mass is 767 g/mol. The number of aromatic nitrogens is 3. The molecule has 0 radical (unpaired) electrons. The highest BCUT2D eigenvalue weighted by Crippen LogP contribution is 2.29. The molecular formula is C34H49N5O9S3. The quantitative estimate of drug-likeness (QED) is 0.247. The number of nitrogens with zero attached hydrogens (tertiary/aromatic N) is 3. The highest BCUT2D eigenvalue weighted by Gasteiger charge is 2.44. The molecular weight excluding hydrogens is 719 g/mol. The predicted octanol–water partition coefficient (Wildman–Crippen LogP) is 5.12. The minimum atomic E-state index is -3.62. The number of hydrogen-bond donors (Lipinski definition) is 2. The van der Waals surface area contributed by atoms with Crippen LogP contribution < -0.4 is 10.6 Å². The normalized spacial score (nSPS) is 16.7. The van der Waals surface area contributed by atoms with Crippen molar-refractivity contribution in [3.05, 3.63) is 41.7 Å². The van der Waals surface area contributed by atoms with Gasteiger partial charge in [0, 0.05) is 55.8 Å². The van der Waals surface area contributed by atoms with Gasteiger partial charge in [0.15, 0.2) is 24.8 Å². The van der Waals surface area contributed by atoms with E-state index in [4.69, 9.17) is 14.0 Å². The second-order valence-corrected chi connectivity index (χ2v) is 20.2. The molecule has 2 amide bonds. The molecule has 0 aromatic carbocycles. The number of pyridine rings is 1. The van der Waals surface area contributed by atoms with Crippen molar-refractivity contribution < 1.29 is 40.4 Å². The Kier molecular flexibility index (Phi) is 13.5. The summed E-state index contributed by atoms with van der Waals surface area (Å²) in [5.41, 5.74) is 2.29. The van der Waals surface area contributed by atoms with Gasteiger partial charge in [-0.05, 0) is 83.3 Å². The van der Waals surface area contributed by atoms with Gasteiger partial charge in [0.25, 0.3) is 0 Å². The van der Waals surface area contributed by atoms with Crippen LogP contribution in [0.1, 0.15) is 78.8 Å². The first-order chi connectivity index (χ1) is 23.9. The molecule has 282 valence electrons. The molecule has 2 N–H and O–H groups in total. The number of anilines is 2. The van der Waals surface area contributed by atoms with Crippen molar-refractivity contribution in [1.29, 1.82) is 0 Å². The highest BCUT2D eigenvalue weighted by atomic mass is 32.2. The Hall–Kier alpha value is -3.25. The van der Waals surface area contributed by atoms with Crippen LogP contribution in [0.3, 0.4) is 0 Å². The van der Waals surface area contributed by atoms with Crippen LogP contribution >= 0.6 is 11.3 Å². The van der Waals surface area contributed by atoms with E-state index in [0.717, 1.165) is 5.56 Å². The summed E-state index contributed by atoms with van der Waals surface area (Å²) in [5.74, 6) is -0.794. The van der Waals surface area contributed by atoms with Crippen LogP contribution in [0.15, 0.2) is 40.5 Å². The molecule has 5 heterocycles. The van der Waals surface area contributed by atoms with Crippen molar-refractivity contribution >= 4 is 53.8 Å². The van der Waals surface area contributed by atoms with E-state index in [1.54, 1.807) is 18.5 Å². The highest BCUT2D eigenvalue weighted by molar-refractivity contribution is 7.93. The lowest BCUT2D eigenvalue weighted by atomic mass is 10.0. The molecule has 5 rings (SSSR count). The zero-order chi connectivity index (χ0) is 37.5. The third-order valence-corrected chi connectivity index (χ3v) is 15.4. The van der Waals surface area contributed by atoms with Crippen LogP contribution in [0.5, 0.6) is 0 Å². The average Bonchev–Trinajstić information content (AvgIpc) is 3.76. The van der Waals surface area contributed by atoms with Crippen molar-refractivity contribution in [2.45, 2.75) is 82.6 Å². The van der Waals surface area contributed by atoms with E-state index in [2.05, 4.69) is 25.8 Å². The van der Waals surface area contributed by atoms with Crippen molar-refractivity contribution in [2.75, 3.05) is 48.6 Å². The molecule has 0 atom stereocenters. The number of sulfone groups is 2. The van der Waals surface area contributed by atoms with Crippen LogP contribution in [0.2, 0.25) is 0 Å². The number of hydrogen-bond acceptors (Lipinski definition) is 13. The zero-order valence-corrected chi connectivity index (χ0v) is 32.5. The van der Waals surface area contributed by atoms with Crippen LogP contribution in [0.25, 0.3) is 11.3 Å². The average molecular weight is 768 g/mol. The third-order valence-electron chi connectivity index (χ3n) is 9.30. The maximum Gasteiger partial charge on any atom is 0.247 e. The smallest absolute Gasteiger partial charge is 0.247 e. The molecule has 51 heavy (non-hydrogen) atoms. The first kappa shape index (κ1) is 40.5. The summed E-state index contributed by atoms with van der Waals surface area (Å²) in [6.07, 6.45) is 6.16. The summed E-state index contributed by atoms with van der Waals surface area (Å²) in [5, 5.41) is 11.2. The number of rotatable bonds is 12. The summed E-state index contributed by atoms with van der Waals surface area (Å²) in [7, 11) is -7.24. The van der Waals surface area contributed by atoms with Gasteiger partial charge in [-0.3, -0.25) is 19.9 Å². The maximum absolute atomic E-state index is 12.9. The lowest BCUT2D eigenvalue weighted by Gasteiger charge is -2.28. The Labute approximate surface area is 304 Å². The molecule has 2 aliphatic rings. The van der Waals surface area contributed by atoms with Crippen molar-refractivity contribution in [1.82, 2.24) is 15.1 Å². The second kappa shape index (κ2) is 17.1. The molecule has 0 saturated carbocycles. The molecule has 2 saturated heterocycles. The number of carbonyl (C=O) groups is 2. The summed E-state index contributed by atoms with van der Waals surface area (Å²) in [6.45, 7) is 12.0. The lowest BCUT2D eigenvalue weighted by Crippen LogP contribution is -2.47. The molecule has 0 unspecified atom stereocenters. The molecule has 0 aliphatic carbocycles. The number of carbonyl (C=O) groups excluding carboxylic acids is 2. The molecule has 3 aromatic heterocycles. The summed E-state index contributed by atoms with van der Waals surface area (Å²) < 4.78 is 63.7. The van der Waals surface area contributed by atoms with E-state index in [1.807, 2.05) is 31.4 Å². The first-order valence-electron chi connectivity index (χ1n) is 17.0. The molecule has 2 aliphatic heterocycles. The number of nitrogens with one attached hydrogen (secondary N) is 2. The molecule has 2 fully saturated rings. The van der Waals surface area contributed by atoms with Crippen LogP contribution in [-0.4, -0.2) is 91.2 Å². The lowest BCUT2D eigenvalue weighted by molar-refractivity contribution is -0.118. The third kappa shape index (κ3) is 10.4. The summed E-state index contributed by atoms with van der Waals surface area (Å²) in [4.78, 5) is 33.6. The standard InChI is InChI=1S/C18H23N3O4S2.C16H26N2O5S/c1-18(2,27(23,24)12-13-5-9-25-10-6-13)16(22)21-17-20-15(11-26-17)14-3-7-19-8-4-14;1-11(2)13-9-14(23-18-13)17-15(19)16(3,4)24(20,21)10-12-5-7-22-8-6-12/h3-4,7-8,11,13H,5-6,9-10,12H2,1-2H3,(H,20,21,22);9,11-12H,5-8,10H2,1-4H3,(H,17,19). The van der Waals surface area contributed by atoms with Crippen molar-refractivity contribution in [3.63, 3.8) is 0 Å². The van der Waals surface area contributed by atoms with Crippen molar-refractivity contribution in [2.24, 2.45) is 11.8 Å². The fourth-order valence-corrected chi connectivity index (χ4v) is 9.39. The Morgan fingerprint density at radius 1 is 0.843 bits per heavy atom. The minimum absolute atomic E-state index is 0.00306. The Balaban J connectivity index is 0.000000230. The zero-order valence-electron chi connectivity index (χ0n) is 30.0. The van der Waals surface area contributed by atoms with Crippen LogP contribution in [-0.2, 0) is 38.7 Å². The van der Waals surface area contributed by atoms with E-state index in [-0.39, 0.29) is 35.1 Å². The SMILES string of the molecule is CC(C)(C(=O)Nc1nc(-c2ccncc2)cs1)S(=O)(=O)CC1CCOCC1.CC(C)c1cc(NC(=O)C(C)(C)S(=O)(=O)CC2CCOCC2)on1. The Bertz CT molecular complexity index is 1830. The van der Waals surface area contributed by atoms with Gasteiger partial charge in [-0.15, -0.1) is 11.3 Å². The van der Waals surface area contributed by atoms with Gasteiger partial charge in [-0.25, -0.2) is 21.8 Å². The van der Waals surface area contributed by atoms with Gasteiger partial charge in [-0.2, -0.15) is 0 Å². The van der Waals surface area contributed by atoms with Gasteiger partial charge in [0.05, 0.1) is 22.9 Å². The Morgan fingerprint density at radius 3 is 1.80 bits per heavy atom. The number of amides is 2. The summed E-state index contributed by atoms with van der Waals surface area (Å²) >= 11 is 1.26. The number of ether oxygens (including phenoxy) is 2. The van der Waals surface area contributed by atoms with Gasteiger partial charge < -0.3 is 19.3 Å². The van der Waals surface area contributed by atoms with Crippen molar-refractivity contribution in [3.8, 4) is 11.3 Å². The second-order valence-electron chi connectivity index (χ2n) is 14.1.